The zero-order chi connectivity index (χ0) is 21.0. The number of ether oxygens (including phenoxy) is 1. The van der Waals surface area contributed by atoms with Crippen LogP contribution in [0, 0.1) is 15.9 Å². The molecule has 0 bridgehead atoms. The van der Waals surface area contributed by atoms with E-state index in [2.05, 4.69) is 5.32 Å². The number of methoxy groups -OCH3 is 1. The van der Waals surface area contributed by atoms with Crippen LogP contribution in [0.1, 0.15) is 15.9 Å². The van der Waals surface area contributed by atoms with Crippen molar-refractivity contribution in [2.45, 2.75) is 6.54 Å². The molecule has 0 saturated heterocycles. The largest absolute Gasteiger partial charge is 0.494 e. The Labute approximate surface area is 164 Å². The van der Waals surface area contributed by atoms with E-state index < -0.39 is 16.6 Å². The number of hydrogen-bond donors (Lipinski definition) is 1. The third kappa shape index (κ3) is 4.64. The van der Waals surface area contributed by atoms with Crippen LogP contribution in [0.3, 0.4) is 0 Å². The van der Waals surface area contributed by atoms with Gasteiger partial charge in [0.05, 0.1) is 35.9 Å². The Kier molecular flexibility index (Phi) is 5.68. The van der Waals surface area contributed by atoms with Crippen LogP contribution in [-0.2, 0) is 6.54 Å². The van der Waals surface area contributed by atoms with E-state index in [1.165, 1.54) is 66.4 Å². The van der Waals surface area contributed by atoms with Crippen LogP contribution in [0.4, 0.5) is 15.8 Å². The van der Waals surface area contributed by atoms with Crippen LogP contribution >= 0.6 is 0 Å². The summed E-state index contributed by atoms with van der Waals surface area (Å²) in [6.07, 6.45) is 1.36. The molecule has 3 aromatic rings. The van der Waals surface area contributed by atoms with Gasteiger partial charge in [0.1, 0.15) is 11.6 Å². The zero-order valence-electron chi connectivity index (χ0n) is 15.3. The predicted molar refractivity (Wildman–Crippen MR) is 104 cm³/mol. The van der Waals surface area contributed by atoms with Gasteiger partial charge in [0.15, 0.2) is 0 Å². The molecule has 0 radical (unpaired) electrons. The smallest absolute Gasteiger partial charge is 0.273 e. The maximum absolute atomic E-state index is 13.4. The molecule has 1 amide bonds. The first kappa shape index (κ1) is 19.7. The fourth-order valence-electron chi connectivity index (χ4n) is 2.71. The number of amides is 1. The quantitative estimate of drug-likeness (QED) is 0.508. The van der Waals surface area contributed by atoms with E-state index in [1.54, 1.807) is 6.07 Å². The minimum Gasteiger partial charge on any atom is -0.494 e. The van der Waals surface area contributed by atoms with Gasteiger partial charge in [-0.3, -0.25) is 19.7 Å². The van der Waals surface area contributed by atoms with Gasteiger partial charge in [-0.1, -0.05) is 12.1 Å². The SMILES string of the molecule is COc1cc([N+](=O)[O-])ccc1NC(=O)c1ccc(=O)n(Cc2cccc(F)c2)c1. The highest BCUT2D eigenvalue weighted by Gasteiger charge is 2.15. The summed E-state index contributed by atoms with van der Waals surface area (Å²) < 4.78 is 19.7. The number of non-ortho nitro benzene ring substituents is 1. The second-order valence-electron chi connectivity index (χ2n) is 6.11. The molecule has 0 aliphatic carbocycles. The monoisotopic (exact) mass is 397 g/mol. The number of halogens is 1. The summed E-state index contributed by atoms with van der Waals surface area (Å²) in [5.74, 6) is -0.833. The molecule has 1 heterocycles. The third-order valence-electron chi connectivity index (χ3n) is 4.13. The fourth-order valence-corrected chi connectivity index (χ4v) is 2.71. The van der Waals surface area contributed by atoms with E-state index in [0.29, 0.717) is 5.56 Å². The first-order chi connectivity index (χ1) is 13.9. The van der Waals surface area contributed by atoms with Crippen LogP contribution in [-0.4, -0.2) is 22.5 Å². The van der Waals surface area contributed by atoms with Gasteiger partial charge in [-0.05, 0) is 29.8 Å². The van der Waals surface area contributed by atoms with E-state index in [9.17, 15) is 24.1 Å². The van der Waals surface area contributed by atoms with Crippen molar-refractivity contribution in [1.29, 1.82) is 0 Å². The Morgan fingerprint density at radius 3 is 2.69 bits per heavy atom. The molecule has 1 N–H and O–H groups in total. The van der Waals surface area contributed by atoms with E-state index in [4.69, 9.17) is 4.74 Å². The normalized spacial score (nSPS) is 10.4. The number of carbonyl (C=O) groups is 1. The van der Waals surface area contributed by atoms with Gasteiger partial charge in [-0.25, -0.2) is 4.39 Å². The fraction of sp³-hybridized carbons (Fsp3) is 0.100. The highest BCUT2D eigenvalue weighted by molar-refractivity contribution is 6.04. The predicted octanol–water partition coefficient (Wildman–Crippen LogP) is 3.20. The number of nitro benzene ring substituents is 1. The Hall–Kier alpha value is -4.01. The van der Waals surface area contributed by atoms with Crippen molar-refractivity contribution in [3.8, 4) is 5.75 Å². The molecule has 1 aromatic heterocycles. The van der Waals surface area contributed by atoms with Crippen LogP contribution in [0.5, 0.6) is 5.75 Å². The minimum atomic E-state index is -0.573. The van der Waals surface area contributed by atoms with Gasteiger partial charge in [0.2, 0.25) is 0 Å². The highest BCUT2D eigenvalue weighted by Crippen LogP contribution is 2.29. The average molecular weight is 397 g/mol. The van der Waals surface area contributed by atoms with Gasteiger partial charge in [-0.2, -0.15) is 0 Å². The molecule has 0 unspecified atom stereocenters. The molecule has 3 rings (SSSR count). The molecular formula is C20H16FN3O5. The topological polar surface area (TPSA) is 103 Å². The molecule has 8 nitrogen and oxygen atoms in total. The Morgan fingerprint density at radius 1 is 1.21 bits per heavy atom. The lowest BCUT2D eigenvalue weighted by molar-refractivity contribution is -0.384. The highest BCUT2D eigenvalue weighted by atomic mass is 19.1. The van der Waals surface area contributed by atoms with Crippen LogP contribution in [0.25, 0.3) is 0 Å². The molecule has 148 valence electrons. The van der Waals surface area contributed by atoms with Crippen molar-refractivity contribution >= 4 is 17.3 Å². The number of anilines is 1. The number of carbonyl (C=O) groups excluding carboxylic acids is 1. The van der Waals surface area contributed by atoms with E-state index >= 15 is 0 Å². The Balaban J connectivity index is 1.85. The maximum Gasteiger partial charge on any atom is 0.273 e. The number of pyridine rings is 1. The van der Waals surface area contributed by atoms with Crippen molar-refractivity contribution < 1.29 is 18.8 Å². The lowest BCUT2D eigenvalue weighted by Gasteiger charge is -2.11. The minimum absolute atomic E-state index is 0.0958. The number of hydrogen-bond acceptors (Lipinski definition) is 5. The number of benzene rings is 2. The zero-order valence-corrected chi connectivity index (χ0v) is 15.3. The van der Waals surface area contributed by atoms with Crippen molar-refractivity contribution in [3.63, 3.8) is 0 Å². The molecule has 29 heavy (non-hydrogen) atoms. The van der Waals surface area contributed by atoms with Crippen LogP contribution in [0.2, 0.25) is 0 Å². The van der Waals surface area contributed by atoms with E-state index in [0.717, 1.165) is 0 Å². The Morgan fingerprint density at radius 2 is 2.00 bits per heavy atom. The second kappa shape index (κ2) is 8.34. The molecule has 0 spiro atoms. The molecule has 0 aliphatic heterocycles. The lowest BCUT2D eigenvalue weighted by atomic mass is 10.2. The summed E-state index contributed by atoms with van der Waals surface area (Å²) in [6, 6.07) is 12.2. The molecule has 2 aromatic carbocycles. The summed E-state index contributed by atoms with van der Waals surface area (Å²) in [4.78, 5) is 35.0. The number of nitrogens with zero attached hydrogens (tertiary/aromatic N) is 2. The van der Waals surface area contributed by atoms with Crippen LogP contribution in [0.15, 0.2) is 65.6 Å². The number of rotatable bonds is 6. The van der Waals surface area contributed by atoms with Crippen molar-refractivity contribution in [2.24, 2.45) is 0 Å². The Bertz CT molecular complexity index is 1140. The standard InChI is InChI=1S/C20H16FN3O5/c1-29-18-10-16(24(27)28)6-7-17(18)22-20(26)14-5-8-19(25)23(12-14)11-13-3-2-4-15(21)9-13/h2-10,12H,11H2,1H3,(H,22,26). The molecule has 0 atom stereocenters. The van der Waals surface area contributed by atoms with Gasteiger partial charge in [0, 0.05) is 18.3 Å². The summed E-state index contributed by atoms with van der Waals surface area (Å²) in [6.45, 7) is 0.0958. The van der Waals surface area contributed by atoms with Gasteiger partial charge in [-0.15, -0.1) is 0 Å². The lowest BCUT2D eigenvalue weighted by Crippen LogP contribution is -2.22. The summed E-state index contributed by atoms with van der Waals surface area (Å²) in [5, 5.41) is 13.5. The van der Waals surface area contributed by atoms with Gasteiger partial charge in [0.25, 0.3) is 17.2 Å². The second-order valence-corrected chi connectivity index (χ2v) is 6.11. The number of aromatic nitrogens is 1. The average Bonchev–Trinajstić information content (AvgIpc) is 2.69. The molecular weight excluding hydrogens is 381 g/mol. The number of nitro groups is 1. The van der Waals surface area contributed by atoms with Gasteiger partial charge >= 0.3 is 0 Å². The van der Waals surface area contributed by atoms with E-state index in [1.807, 2.05) is 0 Å². The van der Waals surface area contributed by atoms with E-state index in [-0.39, 0.29) is 34.8 Å². The van der Waals surface area contributed by atoms with Crippen molar-refractivity contribution in [1.82, 2.24) is 4.57 Å². The summed E-state index contributed by atoms with van der Waals surface area (Å²) in [7, 11) is 1.33. The van der Waals surface area contributed by atoms with Gasteiger partial charge < -0.3 is 14.6 Å². The van der Waals surface area contributed by atoms with Crippen molar-refractivity contribution in [3.05, 3.63) is 98.2 Å². The number of nitrogens with one attached hydrogen (secondary N) is 1. The molecule has 9 heteroatoms. The molecule has 0 fully saturated rings. The summed E-state index contributed by atoms with van der Waals surface area (Å²) >= 11 is 0. The maximum atomic E-state index is 13.4. The van der Waals surface area contributed by atoms with Crippen LogP contribution < -0.4 is 15.6 Å². The third-order valence-corrected chi connectivity index (χ3v) is 4.13. The molecule has 0 aliphatic rings. The summed E-state index contributed by atoms with van der Waals surface area (Å²) in [5.41, 5.74) is 0.469. The first-order valence-corrected chi connectivity index (χ1v) is 8.46. The first-order valence-electron chi connectivity index (χ1n) is 8.46. The van der Waals surface area contributed by atoms with Crippen molar-refractivity contribution in [2.75, 3.05) is 12.4 Å². The molecule has 0 saturated carbocycles.